The molecule has 7 nitrogen and oxygen atoms in total. The third kappa shape index (κ3) is 3.95. The minimum absolute atomic E-state index is 0.312. The van der Waals surface area contributed by atoms with Crippen molar-refractivity contribution in [1.82, 2.24) is 10.1 Å². The Morgan fingerprint density at radius 3 is 2.95 bits per heavy atom. The maximum atomic E-state index is 11.8. The van der Waals surface area contributed by atoms with Gasteiger partial charge in [0.15, 0.2) is 5.82 Å². The van der Waals surface area contributed by atoms with Gasteiger partial charge in [-0.3, -0.25) is 0 Å². The van der Waals surface area contributed by atoms with E-state index in [2.05, 4.69) is 15.5 Å². The van der Waals surface area contributed by atoms with Gasteiger partial charge < -0.3 is 20.3 Å². The smallest absolute Gasteiger partial charge is 0.340 e. The molecule has 0 fully saturated rings. The number of nitrogens with zero attached hydrogens (tertiary/aromatic N) is 2. The Labute approximate surface area is 122 Å². The third-order valence-corrected chi connectivity index (χ3v) is 2.79. The van der Waals surface area contributed by atoms with Crippen LogP contribution in [0.25, 0.3) is 0 Å². The zero-order valence-electron chi connectivity index (χ0n) is 12.0. The van der Waals surface area contributed by atoms with E-state index in [1.807, 2.05) is 0 Å². The summed E-state index contributed by atoms with van der Waals surface area (Å²) >= 11 is 0. The molecule has 0 amide bonds. The summed E-state index contributed by atoms with van der Waals surface area (Å²) in [5.41, 5.74) is 7.31. The van der Waals surface area contributed by atoms with Crippen LogP contribution < -0.4 is 11.1 Å². The average molecular weight is 290 g/mol. The van der Waals surface area contributed by atoms with Crippen LogP contribution in [0.3, 0.4) is 0 Å². The number of aryl methyl sites for hydroxylation is 1. The molecule has 112 valence electrons. The fourth-order valence-corrected chi connectivity index (χ4v) is 1.81. The molecule has 2 aromatic rings. The molecule has 2 rings (SSSR count). The summed E-state index contributed by atoms with van der Waals surface area (Å²) in [4.78, 5) is 15.9. The van der Waals surface area contributed by atoms with Crippen LogP contribution in [-0.2, 0) is 11.2 Å². The van der Waals surface area contributed by atoms with Gasteiger partial charge in [0.2, 0.25) is 5.89 Å². The van der Waals surface area contributed by atoms with Gasteiger partial charge in [0.1, 0.15) is 0 Å². The van der Waals surface area contributed by atoms with E-state index < -0.39 is 5.97 Å². The fraction of sp³-hybridized carbons (Fsp3) is 0.357. The van der Waals surface area contributed by atoms with E-state index >= 15 is 0 Å². The molecule has 0 aliphatic heterocycles. The van der Waals surface area contributed by atoms with Crippen LogP contribution in [0.15, 0.2) is 22.7 Å². The highest BCUT2D eigenvalue weighted by Crippen LogP contribution is 2.19. The number of nitrogens with one attached hydrogen (secondary N) is 1. The highest BCUT2D eigenvalue weighted by atomic mass is 16.5. The van der Waals surface area contributed by atoms with Crippen molar-refractivity contribution in [3.63, 3.8) is 0 Å². The summed E-state index contributed by atoms with van der Waals surface area (Å²) in [6.07, 6.45) is 0.597. The Hall–Kier alpha value is -2.57. The highest BCUT2D eigenvalue weighted by Gasteiger charge is 2.11. The number of nitrogen functional groups attached to an aromatic ring is 1. The number of anilines is 2. The highest BCUT2D eigenvalue weighted by molar-refractivity contribution is 5.96. The molecule has 0 bridgehead atoms. The van der Waals surface area contributed by atoms with Gasteiger partial charge in [0.05, 0.1) is 12.2 Å². The summed E-state index contributed by atoms with van der Waals surface area (Å²) < 4.78 is 9.98. The monoisotopic (exact) mass is 290 g/mol. The van der Waals surface area contributed by atoms with E-state index in [4.69, 9.17) is 15.0 Å². The van der Waals surface area contributed by atoms with Gasteiger partial charge in [-0.2, -0.15) is 4.98 Å². The van der Waals surface area contributed by atoms with Crippen molar-refractivity contribution in [3.05, 3.63) is 35.5 Å². The second-order valence-corrected chi connectivity index (χ2v) is 4.43. The van der Waals surface area contributed by atoms with Crippen molar-refractivity contribution in [2.75, 3.05) is 24.2 Å². The first-order valence-corrected chi connectivity index (χ1v) is 6.70. The van der Waals surface area contributed by atoms with Gasteiger partial charge >= 0.3 is 5.97 Å². The van der Waals surface area contributed by atoms with Crippen LogP contribution in [0.1, 0.15) is 29.0 Å². The molecule has 0 atom stereocenters. The van der Waals surface area contributed by atoms with E-state index in [0.717, 1.165) is 5.69 Å². The number of esters is 1. The second-order valence-electron chi connectivity index (χ2n) is 4.43. The van der Waals surface area contributed by atoms with Gasteiger partial charge in [-0.05, 0) is 32.0 Å². The number of carbonyl (C=O) groups excluding carboxylic acids is 1. The van der Waals surface area contributed by atoms with Crippen LogP contribution in [0, 0.1) is 6.92 Å². The zero-order valence-corrected chi connectivity index (χ0v) is 12.0. The first kappa shape index (κ1) is 14.8. The van der Waals surface area contributed by atoms with Gasteiger partial charge in [0.25, 0.3) is 0 Å². The number of aromatic nitrogens is 2. The Bertz CT molecular complexity index is 624. The molecule has 3 N–H and O–H groups in total. The van der Waals surface area contributed by atoms with Crippen LogP contribution in [0.2, 0.25) is 0 Å². The maximum Gasteiger partial charge on any atom is 0.340 e. The van der Waals surface area contributed by atoms with E-state index in [0.29, 0.717) is 42.5 Å². The molecule has 0 unspecified atom stereocenters. The minimum atomic E-state index is -0.425. The number of hydrogen-bond acceptors (Lipinski definition) is 7. The number of ether oxygens (including phenoxy) is 1. The van der Waals surface area contributed by atoms with Crippen LogP contribution in [0.5, 0.6) is 0 Å². The lowest BCUT2D eigenvalue weighted by molar-refractivity contribution is 0.0527. The number of nitrogens with two attached hydrogens (primary N) is 1. The molecule has 21 heavy (non-hydrogen) atoms. The van der Waals surface area contributed by atoms with Crippen molar-refractivity contribution in [1.29, 1.82) is 0 Å². The number of hydrogen-bond donors (Lipinski definition) is 2. The van der Waals surface area contributed by atoms with Gasteiger partial charge in [-0.1, -0.05) is 5.16 Å². The lowest BCUT2D eigenvalue weighted by Gasteiger charge is -2.09. The predicted molar refractivity (Wildman–Crippen MR) is 78.0 cm³/mol. The molecule has 1 aromatic heterocycles. The third-order valence-electron chi connectivity index (χ3n) is 2.79. The van der Waals surface area contributed by atoms with Crippen molar-refractivity contribution in [2.45, 2.75) is 20.3 Å². The average Bonchev–Trinajstić information content (AvgIpc) is 2.86. The summed E-state index contributed by atoms with van der Waals surface area (Å²) in [6, 6.07) is 5.15. The molecule has 0 radical (unpaired) electrons. The molecular formula is C14H18N4O3. The van der Waals surface area contributed by atoms with Crippen molar-refractivity contribution < 1.29 is 14.1 Å². The quantitative estimate of drug-likeness (QED) is 0.617. The summed E-state index contributed by atoms with van der Waals surface area (Å²) in [5.74, 6) is 0.759. The lowest BCUT2D eigenvalue weighted by atomic mass is 10.1. The molecule has 0 aliphatic rings. The Morgan fingerprint density at radius 1 is 1.48 bits per heavy atom. The molecular weight excluding hydrogens is 272 g/mol. The number of benzene rings is 1. The Morgan fingerprint density at radius 2 is 2.29 bits per heavy atom. The van der Waals surface area contributed by atoms with E-state index in [1.165, 1.54) is 0 Å². The van der Waals surface area contributed by atoms with Gasteiger partial charge in [-0.25, -0.2) is 4.79 Å². The predicted octanol–water partition coefficient (Wildman–Crippen LogP) is 1.79. The first-order valence-electron chi connectivity index (χ1n) is 6.70. The van der Waals surface area contributed by atoms with E-state index in [1.54, 1.807) is 32.0 Å². The normalized spacial score (nSPS) is 10.4. The van der Waals surface area contributed by atoms with Crippen molar-refractivity contribution >= 4 is 17.3 Å². The SMILES string of the molecule is CCOC(=O)c1cc(NCCc2nc(C)no2)ccc1N. The fourth-order valence-electron chi connectivity index (χ4n) is 1.81. The lowest BCUT2D eigenvalue weighted by Crippen LogP contribution is -2.10. The summed E-state index contributed by atoms with van der Waals surface area (Å²) in [6.45, 7) is 4.44. The first-order chi connectivity index (χ1) is 10.1. The van der Waals surface area contributed by atoms with Gasteiger partial charge in [-0.15, -0.1) is 0 Å². The largest absolute Gasteiger partial charge is 0.462 e. The van der Waals surface area contributed by atoms with Crippen molar-refractivity contribution in [3.8, 4) is 0 Å². The zero-order chi connectivity index (χ0) is 15.2. The minimum Gasteiger partial charge on any atom is -0.462 e. The Balaban J connectivity index is 1.97. The topological polar surface area (TPSA) is 103 Å². The van der Waals surface area contributed by atoms with Crippen molar-refractivity contribution in [2.24, 2.45) is 0 Å². The molecule has 7 heteroatoms. The summed E-state index contributed by atoms with van der Waals surface area (Å²) in [7, 11) is 0. The maximum absolute atomic E-state index is 11.8. The van der Waals surface area contributed by atoms with Gasteiger partial charge in [0, 0.05) is 24.3 Å². The molecule has 1 heterocycles. The van der Waals surface area contributed by atoms with Crippen LogP contribution in [0.4, 0.5) is 11.4 Å². The second kappa shape index (κ2) is 6.74. The molecule has 1 aromatic carbocycles. The molecule has 0 aliphatic carbocycles. The molecule has 0 saturated heterocycles. The van der Waals surface area contributed by atoms with Crippen LogP contribution >= 0.6 is 0 Å². The van der Waals surface area contributed by atoms with Crippen LogP contribution in [-0.4, -0.2) is 29.3 Å². The molecule has 0 saturated carbocycles. The summed E-state index contributed by atoms with van der Waals surface area (Å²) in [5, 5.41) is 6.90. The standard InChI is InChI=1S/C14H18N4O3/c1-3-20-14(19)11-8-10(4-5-12(11)15)16-7-6-13-17-9(2)18-21-13/h4-5,8,16H,3,6-7,15H2,1-2H3. The molecule has 0 spiro atoms. The Kier molecular flexibility index (Phi) is 4.76. The number of rotatable bonds is 6. The number of carbonyl (C=O) groups is 1. The van der Waals surface area contributed by atoms with E-state index in [-0.39, 0.29) is 0 Å². The van der Waals surface area contributed by atoms with E-state index in [9.17, 15) is 4.79 Å².